The van der Waals surface area contributed by atoms with Crippen LogP contribution < -0.4 is 5.73 Å². The fourth-order valence-corrected chi connectivity index (χ4v) is 2.53. The molecule has 3 N–H and O–H groups in total. The van der Waals surface area contributed by atoms with E-state index in [0.717, 1.165) is 16.0 Å². The van der Waals surface area contributed by atoms with E-state index in [1.54, 1.807) is 11.3 Å². The molecule has 0 radical (unpaired) electrons. The van der Waals surface area contributed by atoms with E-state index in [4.69, 9.17) is 10.8 Å². The molecule has 1 heterocycles. The zero-order valence-corrected chi connectivity index (χ0v) is 9.98. The Bertz CT molecular complexity index is 507. The minimum atomic E-state index is -0.959. The third-order valence-electron chi connectivity index (χ3n) is 2.50. The van der Waals surface area contributed by atoms with Gasteiger partial charge >= 0.3 is 5.97 Å². The van der Waals surface area contributed by atoms with E-state index in [9.17, 15) is 4.79 Å². The molecule has 3 nitrogen and oxygen atoms in total. The van der Waals surface area contributed by atoms with Gasteiger partial charge in [-0.1, -0.05) is 30.3 Å². The highest BCUT2D eigenvalue weighted by atomic mass is 32.1. The number of aliphatic carboxylic acids is 1. The first kappa shape index (κ1) is 11.8. The van der Waals surface area contributed by atoms with Crippen molar-refractivity contribution in [2.75, 3.05) is 0 Å². The van der Waals surface area contributed by atoms with Crippen molar-refractivity contribution in [1.82, 2.24) is 0 Å². The Balaban J connectivity index is 2.14. The van der Waals surface area contributed by atoms with Crippen LogP contribution in [0.2, 0.25) is 0 Å². The summed E-state index contributed by atoms with van der Waals surface area (Å²) in [5, 5.41) is 10.8. The Morgan fingerprint density at radius 2 is 2.00 bits per heavy atom. The first-order valence-corrected chi connectivity index (χ1v) is 6.16. The van der Waals surface area contributed by atoms with Crippen LogP contribution in [-0.4, -0.2) is 17.1 Å². The first-order chi connectivity index (χ1) is 8.16. The molecular weight excluding hydrogens is 234 g/mol. The molecule has 0 aliphatic carbocycles. The molecule has 1 aromatic heterocycles. The average Bonchev–Trinajstić information content (AvgIpc) is 2.78. The van der Waals surface area contributed by atoms with Crippen molar-refractivity contribution in [3.63, 3.8) is 0 Å². The summed E-state index contributed by atoms with van der Waals surface area (Å²) in [5.74, 6) is -0.959. The van der Waals surface area contributed by atoms with E-state index in [1.807, 2.05) is 41.8 Å². The van der Waals surface area contributed by atoms with Crippen molar-refractivity contribution in [2.45, 2.75) is 12.5 Å². The van der Waals surface area contributed by atoms with Gasteiger partial charge in [-0.25, -0.2) is 0 Å². The van der Waals surface area contributed by atoms with E-state index in [-0.39, 0.29) is 0 Å². The highest BCUT2D eigenvalue weighted by Gasteiger charge is 2.13. The second-order valence-corrected chi connectivity index (χ2v) is 4.81. The number of nitrogens with two attached hydrogens (primary N) is 1. The van der Waals surface area contributed by atoms with Crippen LogP contribution in [0.5, 0.6) is 0 Å². The quantitative estimate of drug-likeness (QED) is 0.871. The van der Waals surface area contributed by atoms with Crippen LogP contribution in [0.15, 0.2) is 41.8 Å². The van der Waals surface area contributed by atoms with Gasteiger partial charge in [-0.15, -0.1) is 11.3 Å². The van der Waals surface area contributed by atoms with E-state index < -0.39 is 12.0 Å². The Kier molecular flexibility index (Phi) is 3.56. The van der Waals surface area contributed by atoms with Crippen LogP contribution in [0.1, 0.15) is 4.88 Å². The van der Waals surface area contributed by atoms with Gasteiger partial charge in [-0.05, 0) is 22.6 Å². The monoisotopic (exact) mass is 247 g/mol. The number of hydrogen-bond acceptors (Lipinski definition) is 3. The number of carboxylic acid groups (broad SMARTS) is 1. The normalized spacial score (nSPS) is 12.3. The molecule has 4 heteroatoms. The molecule has 0 spiro atoms. The predicted octanol–water partition coefficient (Wildman–Crippen LogP) is 2.37. The van der Waals surface area contributed by atoms with E-state index in [2.05, 4.69) is 0 Å². The molecule has 1 atom stereocenters. The molecule has 2 aromatic rings. The van der Waals surface area contributed by atoms with Crippen LogP contribution >= 0.6 is 11.3 Å². The van der Waals surface area contributed by atoms with Gasteiger partial charge in [-0.3, -0.25) is 4.79 Å². The molecule has 0 saturated carbocycles. The highest BCUT2D eigenvalue weighted by molar-refractivity contribution is 7.10. The van der Waals surface area contributed by atoms with Crippen LogP contribution in [0, 0.1) is 0 Å². The van der Waals surface area contributed by atoms with Gasteiger partial charge in [0, 0.05) is 11.3 Å². The molecule has 0 fully saturated rings. The maximum absolute atomic E-state index is 10.7. The summed E-state index contributed by atoms with van der Waals surface area (Å²) in [6.07, 6.45) is 0.382. The molecule has 17 heavy (non-hydrogen) atoms. The minimum Gasteiger partial charge on any atom is -0.480 e. The van der Waals surface area contributed by atoms with Crippen LogP contribution in [0.3, 0.4) is 0 Å². The molecule has 0 saturated heterocycles. The van der Waals surface area contributed by atoms with Gasteiger partial charge < -0.3 is 10.8 Å². The number of thiophene rings is 1. The third kappa shape index (κ3) is 2.93. The van der Waals surface area contributed by atoms with Gasteiger partial charge in [0.2, 0.25) is 0 Å². The van der Waals surface area contributed by atoms with Crippen LogP contribution in [-0.2, 0) is 11.2 Å². The van der Waals surface area contributed by atoms with Gasteiger partial charge in [0.15, 0.2) is 0 Å². The number of benzene rings is 1. The average molecular weight is 247 g/mol. The largest absolute Gasteiger partial charge is 0.480 e. The molecule has 1 unspecified atom stereocenters. The zero-order chi connectivity index (χ0) is 12.3. The number of carboxylic acids is 1. The van der Waals surface area contributed by atoms with E-state index >= 15 is 0 Å². The summed E-state index contributed by atoms with van der Waals surface area (Å²) in [7, 11) is 0. The lowest BCUT2D eigenvalue weighted by Gasteiger charge is -2.02. The Hall–Kier alpha value is -1.65. The third-order valence-corrected chi connectivity index (χ3v) is 3.46. The minimum absolute atomic E-state index is 0.382. The van der Waals surface area contributed by atoms with Crippen LogP contribution in [0.25, 0.3) is 11.1 Å². The summed E-state index contributed by atoms with van der Waals surface area (Å²) < 4.78 is 0. The van der Waals surface area contributed by atoms with Crippen LogP contribution in [0.4, 0.5) is 0 Å². The van der Waals surface area contributed by atoms with Crippen molar-refractivity contribution in [3.8, 4) is 11.1 Å². The fraction of sp³-hybridized carbons (Fsp3) is 0.154. The zero-order valence-electron chi connectivity index (χ0n) is 9.17. The van der Waals surface area contributed by atoms with Crippen molar-refractivity contribution in [1.29, 1.82) is 0 Å². The summed E-state index contributed by atoms with van der Waals surface area (Å²) >= 11 is 1.55. The molecule has 0 amide bonds. The molecule has 1 aromatic carbocycles. The summed E-state index contributed by atoms with van der Waals surface area (Å²) in [6.45, 7) is 0. The van der Waals surface area contributed by atoms with E-state index in [1.165, 1.54) is 0 Å². The van der Waals surface area contributed by atoms with E-state index in [0.29, 0.717) is 6.42 Å². The molecule has 0 bridgehead atoms. The fourth-order valence-electron chi connectivity index (χ4n) is 1.57. The summed E-state index contributed by atoms with van der Waals surface area (Å²) in [6, 6.07) is 11.2. The standard InChI is InChI=1S/C13H13NO2S/c14-12(13(15)16)7-11-6-10(8-17-11)9-4-2-1-3-5-9/h1-6,8,12H,7,14H2,(H,15,16). The van der Waals surface area contributed by atoms with Gasteiger partial charge in [0.25, 0.3) is 0 Å². The number of carbonyl (C=O) groups is 1. The molecule has 88 valence electrons. The lowest BCUT2D eigenvalue weighted by molar-refractivity contribution is -0.138. The topological polar surface area (TPSA) is 63.3 Å². The summed E-state index contributed by atoms with van der Waals surface area (Å²) in [5.41, 5.74) is 7.76. The highest BCUT2D eigenvalue weighted by Crippen LogP contribution is 2.25. The second kappa shape index (κ2) is 5.12. The molecular formula is C13H13NO2S. The molecule has 0 aliphatic heterocycles. The van der Waals surface area contributed by atoms with Gasteiger partial charge in [0.05, 0.1) is 0 Å². The SMILES string of the molecule is NC(Cc1cc(-c2ccccc2)cs1)C(=O)O. The van der Waals surface area contributed by atoms with Gasteiger partial charge in [0.1, 0.15) is 6.04 Å². The van der Waals surface area contributed by atoms with Crippen molar-refractivity contribution in [3.05, 3.63) is 46.7 Å². The Morgan fingerprint density at radius 3 is 2.65 bits per heavy atom. The lowest BCUT2D eigenvalue weighted by Crippen LogP contribution is -2.31. The summed E-state index contributed by atoms with van der Waals surface area (Å²) in [4.78, 5) is 11.7. The second-order valence-electron chi connectivity index (χ2n) is 3.82. The lowest BCUT2D eigenvalue weighted by atomic mass is 10.1. The first-order valence-electron chi connectivity index (χ1n) is 5.28. The Labute approximate surface area is 104 Å². The van der Waals surface area contributed by atoms with Crippen molar-refractivity contribution < 1.29 is 9.90 Å². The predicted molar refractivity (Wildman–Crippen MR) is 69.1 cm³/mol. The molecule has 2 rings (SSSR count). The number of hydrogen-bond donors (Lipinski definition) is 2. The van der Waals surface area contributed by atoms with Crippen molar-refractivity contribution >= 4 is 17.3 Å². The smallest absolute Gasteiger partial charge is 0.320 e. The Morgan fingerprint density at radius 1 is 1.29 bits per heavy atom. The van der Waals surface area contributed by atoms with Gasteiger partial charge in [-0.2, -0.15) is 0 Å². The number of rotatable bonds is 4. The maximum Gasteiger partial charge on any atom is 0.320 e. The van der Waals surface area contributed by atoms with Crippen molar-refractivity contribution in [2.24, 2.45) is 5.73 Å². The maximum atomic E-state index is 10.7. The molecule has 0 aliphatic rings.